The average molecular weight is 420 g/mol. The summed E-state index contributed by atoms with van der Waals surface area (Å²) in [7, 11) is 1.64. The molecule has 30 heavy (non-hydrogen) atoms. The molecule has 0 saturated carbocycles. The molecular weight excluding hydrogens is 394 g/mol. The van der Waals surface area contributed by atoms with E-state index in [9.17, 15) is 5.11 Å². The zero-order chi connectivity index (χ0) is 21.1. The topological polar surface area (TPSA) is 69.4 Å². The monoisotopic (exact) mass is 419 g/mol. The van der Waals surface area contributed by atoms with E-state index in [1.165, 1.54) is 16.9 Å². The lowest BCUT2D eigenvalue weighted by atomic mass is 10.1. The molecule has 5 nitrogen and oxygen atoms in total. The smallest absolute Gasteiger partial charge is 0.135 e. The number of aliphatic hydroxyl groups excluding tert-OH is 1. The summed E-state index contributed by atoms with van der Waals surface area (Å²) in [6, 6.07) is 18.2. The van der Waals surface area contributed by atoms with E-state index >= 15 is 0 Å². The van der Waals surface area contributed by atoms with Gasteiger partial charge in [-0.1, -0.05) is 30.3 Å². The number of aromatic nitrogens is 1. The van der Waals surface area contributed by atoms with E-state index in [0.29, 0.717) is 23.0 Å². The maximum absolute atomic E-state index is 10.6. The predicted octanol–water partition coefficient (Wildman–Crippen LogP) is 5.40. The number of nitrogens with one attached hydrogen (secondary N) is 1. The lowest BCUT2D eigenvalue weighted by Gasteiger charge is -2.26. The minimum absolute atomic E-state index is 0.151. The maximum atomic E-state index is 10.6. The highest BCUT2D eigenvalue weighted by atomic mass is 32.1. The Kier molecular flexibility index (Phi) is 5.86. The fourth-order valence-corrected chi connectivity index (χ4v) is 4.56. The number of benzene rings is 2. The van der Waals surface area contributed by atoms with Crippen molar-refractivity contribution in [1.29, 1.82) is 5.41 Å². The highest BCUT2D eigenvalue weighted by Gasteiger charge is 2.32. The summed E-state index contributed by atoms with van der Waals surface area (Å²) in [5.41, 5.74) is 3.65. The fourth-order valence-electron chi connectivity index (χ4n) is 3.66. The molecule has 154 valence electrons. The number of rotatable bonds is 7. The molecule has 2 heterocycles. The highest BCUT2D eigenvalue weighted by molar-refractivity contribution is 7.11. The van der Waals surface area contributed by atoms with E-state index in [4.69, 9.17) is 15.1 Å². The van der Waals surface area contributed by atoms with Crippen LogP contribution in [-0.4, -0.2) is 40.5 Å². The molecule has 1 unspecified atom stereocenters. The lowest BCUT2D eigenvalue weighted by molar-refractivity contribution is 0.296. The third kappa shape index (κ3) is 4.09. The van der Waals surface area contributed by atoms with Gasteiger partial charge in [0.2, 0.25) is 0 Å². The molecule has 1 aromatic heterocycles. The van der Waals surface area contributed by atoms with Crippen molar-refractivity contribution in [2.75, 3.05) is 13.7 Å². The molecule has 0 saturated heterocycles. The van der Waals surface area contributed by atoms with Crippen molar-refractivity contribution >= 4 is 22.7 Å². The van der Waals surface area contributed by atoms with E-state index < -0.39 is 0 Å². The van der Waals surface area contributed by atoms with E-state index in [1.54, 1.807) is 7.11 Å². The number of amidine groups is 1. The second kappa shape index (κ2) is 8.71. The van der Waals surface area contributed by atoms with Crippen LogP contribution >= 0.6 is 11.3 Å². The van der Waals surface area contributed by atoms with E-state index in [-0.39, 0.29) is 11.8 Å². The van der Waals surface area contributed by atoms with E-state index in [0.717, 1.165) is 29.8 Å². The Balaban J connectivity index is 1.46. The van der Waals surface area contributed by atoms with Crippen molar-refractivity contribution in [3.05, 3.63) is 76.3 Å². The van der Waals surface area contributed by atoms with Crippen LogP contribution in [0.3, 0.4) is 0 Å². The Hall–Kier alpha value is -3.12. The van der Waals surface area contributed by atoms with Crippen molar-refractivity contribution in [3.8, 4) is 17.0 Å². The second-order valence-electron chi connectivity index (χ2n) is 7.44. The molecule has 4 rings (SSSR count). The molecule has 6 heteroatoms. The number of nitrogens with zero attached hydrogens (tertiary/aromatic N) is 2. The van der Waals surface area contributed by atoms with Crippen LogP contribution in [0.25, 0.3) is 16.8 Å². The SMILES string of the molecule is COc1ccc(-c2csc(C3=C(O)CN(C(C)CCc4ccccc4)C3=N)n2)cc1. The molecule has 1 atom stereocenters. The van der Waals surface area contributed by atoms with Crippen molar-refractivity contribution in [3.63, 3.8) is 0 Å². The number of ether oxygens (including phenoxy) is 1. The Morgan fingerprint density at radius 1 is 1.17 bits per heavy atom. The van der Waals surface area contributed by atoms with Crippen LogP contribution in [0.15, 0.2) is 65.7 Å². The van der Waals surface area contributed by atoms with Crippen LogP contribution in [0.2, 0.25) is 0 Å². The van der Waals surface area contributed by atoms with Crippen LogP contribution in [0, 0.1) is 5.41 Å². The molecule has 0 spiro atoms. The van der Waals surface area contributed by atoms with Gasteiger partial charge in [-0.3, -0.25) is 5.41 Å². The third-order valence-corrected chi connectivity index (χ3v) is 6.32. The van der Waals surface area contributed by atoms with Crippen LogP contribution in [-0.2, 0) is 6.42 Å². The first-order valence-corrected chi connectivity index (χ1v) is 10.9. The summed E-state index contributed by atoms with van der Waals surface area (Å²) >= 11 is 1.46. The molecule has 1 aliphatic rings. The quantitative estimate of drug-likeness (QED) is 0.538. The van der Waals surface area contributed by atoms with E-state index in [1.807, 2.05) is 52.7 Å². The van der Waals surface area contributed by atoms with E-state index in [2.05, 4.69) is 19.1 Å². The zero-order valence-electron chi connectivity index (χ0n) is 17.1. The minimum Gasteiger partial charge on any atom is -0.510 e. The molecule has 0 aliphatic carbocycles. The van der Waals surface area contributed by atoms with Crippen molar-refractivity contribution in [2.45, 2.75) is 25.8 Å². The molecule has 2 N–H and O–H groups in total. The van der Waals surface area contributed by atoms with Crippen molar-refractivity contribution in [1.82, 2.24) is 9.88 Å². The van der Waals surface area contributed by atoms with Gasteiger partial charge in [-0.25, -0.2) is 4.98 Å². The molecular formula is C24H25N3O2S. The van der Waals surface area contributed by atoms with Crippen LogP contribution < -0.4 is 4.74 Å². The first kappa shape index (κ1) is 20.2. The van der Waals surface area contributed by atoms with Crippen molar-refractivity contribution in [2.24, 2.45) is 0 Å². The number of aryl methyl sites for hydroxylation is 1. The van der Waals surface area contributed by atoms with Crippen LogP contribution in [0.1, 0.15) is 23.9 Å². The number of methoxy groups -OCH3 is 1. The van der Waals surface area contributed by atoms with Gasteiger partial charge in [-0.05, 0) is 49.6 Å². The Bertz CT molecular complexity index is 1060. The largest absolute Gasteiger partial charge is 0.510 e. The van der Waals surface area contributed by atoms with Gasteiger partial charge in [0.1, 0.15) is 22.4 Å². The number of aliphatic hydroxyl groups is 1. The van der Waals surface area contributed by atoms with Gasteiger partial charge in [-0.15, -0.1) is 11.3 Å². The van der Waals surface area contributed by atoms with Gasteiger partial charge in [-0.2, -0.15) is 0 Å². The van der Waals surface area contributed by atoms with Gasteiger partial charge in [0.25, 0.3) is 0 Å². The maximum Gasteiger partial charge on any atom is 0.135 e. The van der Waals surface area contributed by atoms with Crippen LogP contribution in [0.5, 0.6) is 5.75 Å². The molecule has 0 radical (unpaired) electrons. The number of hydrogen-bond acceptors (Lipinski definition) is 5. The van der Waals surface area contributed by atoms with Gasteiger partial charge in [0, 0.05) is 17.0 Å². The summed E-state index contributed by atoms with van der Waals surface area (Å²) in [5, 5.41) is 21.9. The molecule has 2 aromatic carbocycles. The number of thiazole rings is 1. The first-order valence-electron chi connectivity index (χ1n) is 9.98. The Morgan fingerprint density at radius 2 is 1.90 bits per heavy atom. The highest BCUT2D eigenvalue weighted by Crippen LogP contribution is 2.33. The summed E-state index contributed by atoms with van der Waals surface area (Å²) in [5.74, 6) is 1.37. The normalized spacial score (nSPS) is 15.0. The summed E-state index contributed by atoms with van der Waals surface area (Å²) in [6.45, 7) is 2.47. The second-order valence-corrected chi connectivity index (χ2v) is 8.30. The standard InChI is InChI=1S/C24H25N3O2S/c1-16(8-9-17-6-4-3-5-7-17)27-14-21(28)22(23(27)25)24-26-20(15-30-24)18-10-12-19(29-2)13-11-18/h3-7,10-13,15-16,25,28H,8-9,14H2,1-2H3. The Labute approximate surface area is 180 Å². The molecule has 0 bridgehead atoms. The van der Waals surface area contributed by atoms with Gasteiger partial charge in [0.15, 0.2) is 0 Å². The third-order valence-electron chi connectivity index (χ3n) is 5.46. The van der Waals surface area contributed by atoms with Gasteiger partial charge >= 0.3 is 0 Å². The minimum atomic E-state index is 0.151. The molecule has 0 fully saturated rings. The summed E-state index contributed by atoms with van der Waals surface area (Å²) in [6.07, 6.45) is 1.86. The van der Waals surface area contributed by atoms with Gasteiger partial charge < -0.3 is 14.7 Å². The zero-order valence-corrected chi connectivity index (χ0v) is 17.9. The van der Waals surface area contributed by atoms with Gasteiger partial charge in [0.05, 0.1) is 24.9 Å². The fraction of sp³-hybridized carbons (Fsp3) is 0.250. The summed E-state index contributed by atoms with van der Waals surface area (Å²) < 4.78 is 5.21. The Morgan fingerprint density at radius 3 is 2.60 bits per heavy atom. The van der Waals surface area contributed by atoms with Crippen LogP contribution in [0.4, 0.5) is 0 Å². The molecule has 3 aromatic rings. The first-order chi connectivity index (χ1) is 14.6. The van der Waals surface area contributed by atoms with Crippen molar-refractivity contribution < 1.29 is 9.84 Å². The molecule has 0 amide bonds. The number of hydrogen-bond donors (Lipinski definition) is 2. The molecule has 1 aliphatic heterocycles. The average Bonchev–Trinajstić information content (AvgIpc) is 3.37. The summed E-state index contributed by atoms with van der Waals surface area (Å²) in [4.78, 5) is 6.66. The lowest BCUT2D eigenvalue weighted by Crippen LogP contribution is -2.35. The predicted molar refractivity (Wildman–Crippen MR) is 122 cm³/mol.